The van der Waals surface area contributed by atoms with Crippen LogP contribution in [-0.2, 0) is 6.18 Å². The minimum Gasteiger partial charge on any atom is -0.338 e. The molecule has 2 aromatic heterocycles. The van der Waals surface area contributed by atoms with E-state index in [1.807, 2.05) is 13.2 Å². The van der Waals surface area contributed by atoms with Gasteiger partial charge in [0.2, 0.25) is 0 Å². The lowest BCUT2D eigenvalue weighted by Crippen LogP contribution is -2.43. The van der Waals surface area contributed by atoms with Crippen LogP contribution in [0.1, 0.15) is 39.4 Å². The number of thioether (sulfide) groups is 1. The van der Waals surface area contributed by atoms with Crippen LogP contribution in [0, 0.1) is 0 Å². The molecule has 0 fully saturated rings. The summed E-state index contributed by atoms with van der Waals surface area (Å²) in [6, 6.07) is 9.32. The van der Waals surface area contributed by atoms with Crippen molar-refractivity contribution < 1.29 is 22.8 Å². The molecule has 0 unspecified atom stereocenters. The molecule has 3 aromatic rings. The summed E-state index contributed by atoms with van der Waals surface area (Å²) in [5.74, 6) is -0.916. The number of aromatic nitrogens is 2. The van der Waals surface area contributed by atoms with Gasteiger partial charge in [-0.25, -0.2) is 4.98 Å². The lowest BCUT2D eigenvalue weighted by atomic mass is 10.1. The fourth-order valence-corrected chi connectivity index (χ4v) is 3.98. The van der Waals surface area contributed by atoms with Gasteiger partial charge in [0.15, 0.2) is 0 Å². The van der Waals surface area contributed by atoms with Crippen LogP contribution in [-0.4, -0.2) is 34.2 Å². The molecule has 0 aliphatic carbocycles. The molecule has 1 aliphatic rings. The van der Waals surface area contributed by atoms with E-state index in [0.717, 1.165) is 17.2 Å². The molecule has 1 aliphatic heterocycles. The van der Waals surface area contributed by atoms with Crippen molar-refractivity contribution in [3.05, 3.63) is 71.7 Å². The van der Waals surface area contributed by atoms with Gasteiger partial charge in [-0.3, -0.25) is 9.59 Å². The van der Waals surface area contributed by atoms with E-state index in [9.17, 15) is 22.8 Å². The summed E-state index contributed by atoms with van der Waals surface area (Å²) in [6.45, 7) is 2.15. The number of hydrogen-bond acceptors (Lipinski definition) is 4. The molecule has 0 bridgehead atoms. The van der Waals surface area contributed by atoms with Crippen molar-refractivity contribution in [2.24, 2.45) is 0 Å². The Balaban J connectivity index is 1.62. The van der Waals surface area contributed by atoms with Gasteiger partial charge in [0.05, 0.1) is 28.0 Å². The average molecular weight is 460 g/mol. The largest absolute Gasteiger partial charge is 0.416 e. The highest BCUT2D eigenvalue weighted by molar-refractivity contribution is 7.98. The van der Waals surface area contributed by atoms with Gasteiger partial charge >= 0.3 is 6.18 Å². The summed E-state index contributed by atoms with van der Waals surface area (Å²) < 4.78 is 40.4. The maximum atomic E-state index is 13.3. The van der Waals surface area contributed by atoms with Gasteiger partial charge < -0.3 is 14.8 Å². The van der Waals surface area contributed by atoms with Crippen molar-refractivity contribution in [3.63, 3.8) is 0 Å². The first-order valence-corrected chi connectivity index (χ1v) is 10.9. The van der Waals surface area contributed by atoms with E-state index in [2.05, 4.69) is 10.3 Å². The molecule has 1 N–H and O–H groups in total. The molecule has 0 radical (unpaired) electrons. The molecule has 0 spiro atoms. The van der Waals surface area contributed by atoms with Gasteiger partial charge in [0.1, 0.15) is 5.69 Å². The molecule has 1 aromatic carbocycles. The van der Waals surface area contributed by atoms with Crippen molar-refractivity contribution in [1.29, 1.82) is 0 Å². The maximum Gasteiger partial charge on any atom is 0.416 e. The lowest BCUT2D eigenvalue weighted by molar-refractivity contribution is -0.137. The highest BCUT2D eigenvalue weighted by Crippen LogP contribution is 2.33. The molecule has 6 nitrogen and oxygen atoms in total. The van der Waals surface area contributed by atoms with E-state index in [1.54, 1.807) is 29.0 Å². The van der Waals surface area contributed by atoms with Gasteiger partial charge in [-0.1, -0.05) is 0 Å². The van der Waals surface area contributed by atoms with E-state index in [4.69, 9.17) is 0 Å². The van der Waals surface area contributed by atoms with E-state index in [-0.39, 0.29) is 23.8 Å². The first kappa shape index (κ1) is 21.9. The van der Waals surface area contributed by atoms with E-state index < -0.39 is 23.6 Å². The third-order valence-corrected chi connectivity index (χ3v) is 5.90. The third kappa shape index (κ3) is 4.10. The number of nitrogens with one attached hydrogen (secondary N) is 1. The molecular weight excluding hydrogens is 441 g/mol. The Morgan fingerprint density at radius 1 is 1.16 bits per heavy atom. The summed E-state index contributed by atoms with van der Waals surface area (Å²) in [5.41, 5.74) is 0.416. The van der Waals surface area contributed by atoms with E-state index >= 15 is 0 Å². The number of carbonyl (C=O) groups excluding carboxylic acids is 2. The fraction of sp³-hybridized carbons (Fsp3) is 0.227. The number of benzene rings is 1. The zero-order valence-corrected chi connectivity index (χ0v) is 18.0. The van der Waals surface area contributed by atoms with Crippen molar-refractivity contribution in [1.82, 2.24) is 9.55 Å². The maximum absolute atomic E-state index is 13.3. The average Bonchev–Trinajstić information content (AvgIpc) is 3.23. The number of pyridine rings is 1. The number of amides is 2. The third-order valence-electron chi connectivity index (χ3n) is 5.24. The minimum atomic E-state index is -4.46. The molecule has 4 rings (SSSR count). The van der Waals surface area contributed by atoms with Crippen LogP contribution < -0.4 is 10.2 Å². The van der Waals surface area contributed by atoms with E-state index in [0.29, 0.717) is 11.4 Å². The Morgan fingerprint density at radius 2 is 1.88 bits per heavy atom. The zero-order chi connectivity index (χ0) is 23.0. The minimum absolute atomic E-state index is 0.172. The smallest absolute Gasteiger partial charge is 0.338 e. The number of carbonyl (C=O) groups is 2. The summed E-state index contributed by atoms with van der Waals surface area (Å²) >= 11 is 1.47. The second kappa shape index (κ2) is 8.34. The molecule has 2 amide bonds. The number of fused-ring (bicyclic) bond motifs is 1. The summed E-state index contributed by atoms with van der Waals surface area (Å²) in [5, 5.41) is 3.55. The van der Waals surface area contributed by atoms with Gasteiger partial charge in [-0.05, 0) is 55.6 Å². The van der Waals surface area contributed by atoms with Crippen molar-refractivity contribution >= 4 is 35.0 Å². The molecule has 32 heavy (non-hydrogen) atoms. The van der Waals surface area contributed by atoms with Gasteiger partial charge in [0, 0.05) is 24.5 Å². The predicted octanol–water partition coefficient (Wildman–Crippen LogP) is 5.10. The molecule has 1 atom stereocenters. The van der Waals surface area contributed by atoms with Crippen LogP contribution in [0.3, 0.4) is 0 Å². The monoisotopic (exact) mass is 460 g/mol. The Bertz CT molecular complexity index is 1160. The quantitative estimate of drug-likeness (QED) is 0.551. The van der Waals surface area contributed by atoms with Crippen LogP contribution in [0.25, 0.3) is 0 Å². The number of alkyl halides is 3. The summed E-state index contributed by atoms with van der Waals surface area (Å²) in [6.07, 6.45) is 0.640. The first-order valence-electron chi connectivity index (χ1n) is 9.70. The molecule has 166 valence electrons. The zero-order valence-electron chi connectivity index (χ0n) is 17.2. The number of nitrogens with zero attached hydrogens (tertiary/aromatic N) is 3. The van der Waals surface area contributed by atoms with Crippen LogP contribution in [0.2, 0.25) is 0 Å². The topological polar surface area (TPSA) is 67.2 Å². The Hall–Kier alpha value is -3.27. The number of halogens is 3. The van der Waals surface area contributed by atoms with Gasteiger partial charge in [-0.15, -0.1) is 11.8 Å². The van der Waals surface area contributed by atoms with Crippen molar-refractivity contribution in [2.45, 2.75) is 24.2 Å². The molecule has 10 heteroatoms. The van der Waals surface area contributed by atoms with Crippen molar-refractivity contribution in [2.75, 3.05) is 23.0 Å². The highest BCUT2D eigenvalue weighted by Gasteiger charge is 2.35. The van der Waals surface area contributed by atoms with Gasteiger partial charge in [0.25, 0.3) is 11.8 Å². The standard InChI is InChI=1S/C22H19F3N4O2S/c1-13-12-29(16-6-3-14(4-7-16)22(23,24)25)21(31)19-17(9-10-28(13)19)20(30)27-15-5-8-18(32-2)26-11-15/h3-11,13H,12H2,1-2H3,(H,27,30)/t13-/m0/s1. The normalized spacial score (nSPS) is 16.1. The highest BCUT2D eigenvalue weighted by atomic mass is 32.2. The van der Waals surface area contributed by atoms with Gasteiger partial charge in [-0.2, -0.15) is 13.2 Å². The molecule has 0 saturated carbocycles. The number of rotatable bonds is 4. The van der Waals surface area contributed by atoms with Crippen molar-refractivity contribution in [3.8, 4) is 0 Å². The van der Waals surface area contributed by atoms with Crippen LogP contribution in [0.4, 0.5) is 24.5 Å². The van der Waals surface area contributed by atoms with E-state index in [1.165, 1.54) is 35.0 Å². The Morgan fingerprint density at radius 3 is 2.47 bits per heavy atom. The Labute approximate surface area is 186 Å². The van der Waals surface area contributed by atoms with Crippen LogP contribution >= 0.6 is 11.8 Å². The SMILES string of the molecule is CSc1ccc(NC(=O)c2ccn3c2C(=O)N(c2ccc(C(F)(F)F)cc2)C[C@@H]3C)cn1. The number of anilines is 2. The summed E-state index contributed by atoms with van der Waals surface area (Å²) in [7, 11) is 0. The predicted molar refractivity (Wildman–Crippen MR) is 116 cm³/mol. The summed E-state index contributed by atoms with van der Waals surface area (Å²) in [4.78, 5) is 31.8. The number of hydrogen-bond donors (Lipinski definition) is 1. The molecule has 0 saturated heterocycles. The second-order valence-corrected chi connectivity index (χ2v) is 8.16. The molecular formula is C22H19F3N4O2S. The lowest BCUT2D eigenvalue weighted by Gasteiger charge is -2.33. The fourth-order valence-electron chi connectivity index (χ4n) is 3.61. The van der Waals surface area contributed by atoms with Crippen LogP contribution in [0.15, 0.2) is 59.9 Å². The Kier molecular flexibility index (Phi) is 5.72. The van der Waals surface area contributed by atoms with Crippen LogP contribution in [0.5, 0.6) is 0 Å². The second-order valence-electron chi connectivity index (χ2n) is 7.34. The first-order chi connectivity index (χ1) is 15.2. The molecule has 3 heterocycles.